The standard InChI is InChI=1S/C13H12BrFN2O4/c1-7-13(20)16-11(18)5-17(7)12(19)6-21-10-3-2-8(15)4-9(10)14/h2-4,7H,5-6H2,1H3,(H,16,18,20). The first-order chi connectivity index (χ1) is 9.88. The summed E-state index contributed by atoms with van der Waals surface area (Å²) < 4.78 is 18.6. The number of imide groups is 1. The van der Waals surface area contributed by atoms with E-state index in [1.54, 1.807) is 0 Å². The maximum atomic E-state index is 12.9. The first kappa shape index (κ1) is 15.4. The van der Waals surface area contributed by atoms with E-state index in [1.807, 2.05) is 0 Å². The SMILES string of the molecule is CC1C(=O)NC(=O)CN1C(=O)COc1ccc(F)cc1Br. The summed E-state index contributed by atoms with van der Waals surface area (Å²) in [5, 5.41) is 2.14. The van der Waals surface area contributed by atoms with Gasteiger partial charge in [-0.3, -0.25) is 19.7 Å². The number of nitrogens with zero attached hydrogens (tertiary/aromatic N) is 1. The number of piperazine rings is 1. The molecule has 3 amide bonds. The van der Waals surface area contributed by atoms with E-state index in [9.17, 15) is 18.8 Å². The average molecular weight is 359 g/mol. The monoisotopic (exact) mass is 358 g/mol. The number of hydrogen-bond acceptors (Lipinski definition) is 4. The summed E-state index contributed by atoms with van der Waals surface area (Å²) in [6.45, 7) is 0.975. The number of benzene rings is 1. The second-order valence-electron chi connectivity index (χ2n) is 4.47. The van der Waals surface area contributed by atoms with Crippen LogP contribution < -0.4 is 10.1 Å². The number of carbonyl (C=O) groups excluding carboxylic acids is 3. The lowest BCUT2D eigenvalue weighted by Gasteiger charge is -2.31. The summed E-state index contributed by atoms with van der Waals surface area (Å²) in [7, 11) is 0. The van der Waals surface area contributed by atoms with Crippen LogP contribution in [0.1, 0.15) is 6.92 Å². The summed E-state index contributed by atoms with van der Waals surface area (Å²) >= 11 is 3.12. The van der Waals surface area contributed by atoms with Gasteiger partial charge in [0.1, 0.15) is 24.2 Å². The smallest absolute Gasteiger partial charge is 0.261 e. The Hall–Kier alpha value is -1.96. The highest BCUT2D eigenvalue weighted by atomic mass is 79.9. The fourth-order valence-corrected chi connectivity index (χ4v) is 2.30. The Kier molecular flexibility index (Phi) is 4.56. The number of hydrogen-bond donors (Lipinski definition) is 1. The normalized spacial score (nSPS) is 18.4. The summed E-state index contributed by atoms with van der Waals surface area (Å²) in [6, 6.07) is 3.05. The number of nitrogens with one attached hydrogen (secondary N) is 1. The molecule has 1 N–H and O–H groups in total. The molecule has 0 spiro atoms. The highest BCUT2D eigenvalue weighted by molar-refractivity contribution is 9.10. The van der Waals surface area contributed by atoms with Gasteiger partial charge in [0.25, 0.3) is 5.91 Å². The molecule has 2 rings (SSSR count). The zero-order valence-electron chi connectivity index (χ0n) is 11.1. The highest BCUT2D eigenvalue weighted by Gasteiger charge is 2.33. The zero-order valence-corrected chi connectivity index (χ0v) is 12.6. The fourth-order valence-electron chi connectivity index (χ4n) is 1.83. The van der Waals surface area contributed by atoms with Crippen molar-refractivity contribution in [1.29, 1.82) is 0 Å². The van der Waals surface area contributed by atoms with Crippen LogP contribution in [0.2, 0.25) is 0 Å². The van der Waals surface area contributed by atoms with Crippen molar-refractivity contribution in [1.82, 2.24) is 10.2 Å². The summed E-state index contributed by atoms with van der Waals surface area (Å²) in [5.74, 6) is -1.70. The van der Waals surface area contributed by atoms with Gasteiger partial charge in [0, 0.05) is 0 Å². The van der Waals surface area contributed by atoms with Crippen LogP contribution in [0.3, 0.4) is 0 Å². The van der Waals surface area contributed by atoms with E-state index in [0.717, 1.165) is 4.90 Å². The summed E-state index contributed by atoms with van der Waals surface area (Å²) in [4.78, 5) is 35.9. The minimum absolute atomic E-state index is 0.195. The van der Waals surface area contributed by atoms with E-state index in [-0.39, 0.29) is 13.2 Å². The molecule has 0 aromatic heterocycles. The van der Waals surface area contributed by atoms with Gasteiger partial charge >= 0.3 is 0 Å². The fraction of sp³-hybridized carbons (Fsp3) is 0.308. The van der Waals surface area contributed by atoms with Gasteiger partial charge in [-0.2, -0.15) is 0 Å². The van der Waals surface area contributed by atoms with Crippen molar-refractivity contribution < 1.29 is 23.5 Å². The van der Waals surface area contributed by atoms with Gasteiger partial charge in [-0.05, 0) is 41.1 Å². The van der Waals surface area contributed by atoms with Gasteiger partial charge in [-0.1, -0.05) is 0 Å². The molecule has 1 heterocycles. The minimum Gasteiger partial charge on any atom is -0.483 e. The van der Waals surface area contributed by atoms with Crippen LogP contribution in [-0.2, 0) is 14.4 Å². The quantitative estimate of drug-likeness (QED) is 0.812. The van der Waals surface area contributed by atoms with Crippen molar-refractivity contribution in [2.75, 3.05) is 13.2 Å². The number of amides is 3. The van der Waals surface area contributed by atoms with Crippen LogP contribution in [0.5, 0.6) is 5.75 Å². The van der Waals surface area contributed by atoms with Crippen LogP contribution in [0.4, 0.5) is 4.39 Å². The van der Waals surface area contributed by atoms with E-state index in [4.69, 9.17) is 4.74 Å². The van der Waals surface area contributed by atoms with E-state index in [1.165, 1.54) is 25.1 Å². The molecular weight excluding hydrogens is 347 g/mol. The van der Waals surface area contributed by atoms with E-state index < -0.39 is 29.6 Å². The van der Waals surface area contributed by atoms with Crippen LogP contribution in [0.15, 0.2) is 22.7 Å². The predicted octanol–water partition coefficient (Wildman–Crippen LogP) is 0.841. The zero-order chi connectivity index (χ0) is 15.6. The third kappa shape index (κ3) is 3.57. The van der Waals surface area contributed by atoms with Gasteiger partial charge < -0.3 is 9.64 Å². The van der Waals surface area contributed by atoms with Gasteiger partial charge in [0.15, 0.2) is 6.61 Å². The lowest BCUT2D eigenvalue weighted by atomic mass is 10.2. The molecule has 1 fully saturated rings. The Morgan fingerprint density at radius 1 is 1.52 bits per heavy atom. The highest BCUT2D eigenvalue weighted by Crippen LogP contribution is 2.25. The topological polar surface area (TPSA) is 75.7 Å². The molecule has 1 aliphatic rings. The number of carbonyl (C=O) groups is 3. The Balaban J connectivity index is 2.01. The summed E-state index contributed by atoms with van der Waals surface area (Å²) in [5.41, 5.74) is 0. The Morgan fingerprint density at radius 3 is 2.90 bits per heavy atom. The molecule has 6 nitrogen and oxygen atoms in total. The first-order valence-corrected chi connectivity index (χ1v) is 6.89. The average Bonchev–Trinajstić information content (AvgIpc) is 2.41. The molecule has 0 aliphatic carbocycles. The molecule has 1 aliphatic heterocycles. The third-order valence-corrected chi connectivity index (χ3v) is 3.61. The molecule has 1 aromatic carbocycles. The van der Waals surface area contributed by atoms with E-state index >= 15 is 0 Å². The van der Waals surface area contributed by atoms with Crippen molar-refractivity contribution in [3.8, 4) is 5.75 Å². The lowest BCUT2D eigenvalue weighted by molar-refractivity contribution is -0.150. The van der Waals surface area contributed by atoms with Crippen molar-refractivity contribution in [3.63, 3.8) is 0 Å². The molecule has 1 aromatic rings. The van der Waals surface area contributed by atoms with Crippen LogP contribution in [0.25, 0.3) is 0 Å². The van der Waals surface area contributed by atoms with Crippen molar-refractivity contribution >= 4 is 33.7 Å². The second-order valence-corrected chi connectivity index (χ2v) is 5.33. The molecule has 1 saturated heterocycles. The molecule has 0 radical (unpaired) electrons. The molecule has 0 saturated carbocycles. The Labute approximate surface area is 128 Å². The molecule has 8 heteroatoms. The molecule has 21 heavy (non-hydrogen) atoms. The second kappa shape index (κ2) is 6.21. The van der Waals surface area contributed by atoms with Crippen molar-refractivity contribution in [2.24, 2.45) is 0 Å². The van der Waals surface area contributed by atoms with Crippen molar-refractivity contribution in [3.05, 3.63) is 28.5 Å². The Bertz CT molecular complexity index is 608. The van der Waals surface area contributed by atoms with E-state index in [0.29, 0.717) is 10.2 Å². The number of ether oxygens (including phenoxy) is 1. The van der Waals surface area contributed by atoms with Crippen LogP contribution >= 0.6 is 15.9 Å². The molecule has 0 bridgehead atoms. The third-order valence-electron chi connectivity index (χ3n) is 2.99. The number of halogens is 2. The maximum Gasteiger partial charge on any atom is 0.261 e. The molecule has 112 valence electrons. The van der Waals surface area contributed by atoms with Gasteiger partial charge in [0.05, 0.1) is 4.47 Å². The first-order valence-electron chi connectivity index (χ1n) is 6.09. The van der Waals surface area contributed by atoms with Crippen LogP contribution in [-0.4, -0.2) is 41.8 Å². The van der Waals surface area contributed by atoms with Crippen LogP contribution in [0, 0.1) is 5.82 Å². The molecule has 1 atom stereocenters. The van der Waals surface area contributed by atoms with Crippen molar-refractivity contribution in [2.45, 2.75) is 13.0 Å². The predicted molar refractivity (Wildman–Crippen MR) is 73.9 cm³/mol. The lowest BCUT2D eigenvalue weighted by Crippen LogP contribution is -2.59. The van der Waals surface area contributed by atoms with E-state index in [2.05, 4.69) is 21.2 Å². The molecule has 1 unspecified atom stereocenters. The minimum atomic E-state index is -0.740. The van der Waals surface area contributed by atoms with Gasteiger partial charge in [0.2, 0.25) is 11.8 Å². The largest absolute Gasteiger partial charge is 0.483 e. The molecular formula is C13H12BrFN2O4. The maximum absolute atomic E-state index is 12.9. The number of rotatable bonds is 3. The Morgan fingerprint density at radius 2 is 2.24 bits per heavy atom. The van der Waals surface area contributed by atoms with Gasteiger partial charge in [-0.25, -0.2) is 4.39 Å². The van der Waals surface area contributed by atoms with Gasteiger partial charge in [-0.15, -0.1) is 0 Å². The summed E-state index contributed by atoms with van der Waals surface area (Å²) in [6.07, 6.45) is 0.